The molecule has 0 aliphatic carbocycles. The summed E-state index contributed by atoms with van der Waals surface area (Å²) in [5.41, 5.74) is 1.67. The van der Waals surface area contributed by atoms with Crippen LogP contribution in [0.1, 0.15) is 17.5 Å². The van der Waals surface area contributed by atoms with Crippen molar-refractivity contribution < 1.29 is 13.9 Å². The molecule has 2 N–H and O–H groups in total. The maximum atomic E-state index is 13.4. The molecule has 0 unspecified atom stereocenters. The number of halogens is 1. The summed E-state index contributed by atoms with van der Waals surface area (Å²) >= 11 is 0. The summed E-state index contributed by atoms with van der Waals surface area (Å²) in [4.78, 5) is 11.8. The van der Waals surface area contributed by atoms with Gasteiger partial charge in [0.1, 0.15) is 11.6 Å². The molecule has 4 nitrogen and oxygen atoms in total. The summed E-state index contributed by atoms with van der Waals surface area (Å²) in [6.07, 6.45) is 1.08. The Kier molecular flexibility index (Phi) is 7.23. The minimum atomic E-state index is -0.230. The molecule has 0 heterocycles. The normalized spacial score (nSPS) is 10.4. The van der Waals surface area contributed by atoms with Gasteiger partial charge in [-0.05, 0) is 24.1 Å². The summed E-state index contributed by atoms with van der Waals surface area (Å²) in [5.74, 6) is 0.579. The van der Waals surface area contributed by atoms with Gasteiger partial charge in [-0.2, -0.15) is 0 Å². The molecule has 0 saturated heterocycles. The summed E-state index contributed by atoms with van der Waals surface area (Å²) in [5, 5.41) is 5.96. The number of methoxy groups -OCH3 is 1. The van der Waals surface area contributed by atoms with Gasteiger partial charge in [-0.3, -0.25) is 4.79 Å². The maximum absolute atomic E-state index is 13.4. The van der Waals surface area contributed by atoms with Gasteiger partial charge in [0.25, 0.3) is 0 Å². The van der Waals surface area contributed by atoms with Crippen LogP contribution < -0.4 is 15.4 Å². The highest BCUT2D eigenvalue weighted by atomic mass is 19.1. The molecule has 2 aromatic carbocycles. The second kappa shape index (κ2) is 9.67. The summed E-state index contributed by atoms with van der Waals surface area (Å²) in [7, 11) is 1.64. The number of para-hydroxylation sites is 1. The molecule has 0 spiro atoms. The van der Waals surface area contributed by atoms with E-state index in [1.54, 1.807) is 25.3 Å². The molecule has 1 amide bonds. The minimum absolute atomic E-state index is 0.0223. The van der Waals surface area contributed by atoms with Crippen LogP contribution >= 0.6 is 0 Å². The van der Waals surface area contributed by atoms with E-state index in [9.17, 15) is 9.18 Å². The van der Waals surface area contributed by atoms with Crippen LogP contribution in [0, 0.1) is 5.82 Å². The number of hydrogen-bond donors (Lipinski definition) is 2. The average Bonchev–Trinajstić information content (AvgIpc) is 2.60. The highest BCUT2D eigenvalue weighted by molar-refractivity contribution is 5.76. The van der Waals surface area contributed by atoms with Crippen molar-refractivity contribution in [2.75, 3.05) is 20.2 Å². The molecule has 0 atom stereocenters. The van der Waals surface area contributed by atoms with Crippen LogP contribution in [0.5, 0.6) is 5.75 Å². The van der Waals surface area contributed by atoms with Crippen molar-refractivity contribution in [2.24, 2.45) is 0 Å². The van der Waals surface area contributed by atoms with E-state index in [4.69, 9.17) is 4.74 Å². The van der Waals surface area contributed by atoms with Crippen molar-refractivity contribution in [3.8, 4) is 5.75 Å². The Hall–Kier alpha value is -2.40. The van der Waals surface area contributed by atoms with Gasteiger partial charge in [-0.25, -0.2) is 4.39 Å². The molecule has 24 heavy (non-hydrogen) atoms. The van der Waals surface area contributed by atoms with E-state index >= 15 is 0 Å². The molecule has 0 fully saturated rings. The SMILES string of the molecule is COc1ccccc1CCNC(=O)CCNCc1ccccc1F. The number of rotatable bonds is 9. The Balaban J connectivity index is 1.62. The number of ether oxygens (including phenoxy) is 1. The lowest BCUT2D eigenvalue weighted by molar-refractivity contribution is -0.120. The molecule has 0 aliphatic heterocycles. The van der Waals surface area contributed by atoms with Gasteiger partial charge in [0.15, 0.2) is 0 Å². The largest absolute Gasteiger partial charge is 0.496 e. The van der Waals surface area contributed by atoms with Crippen LogP contribution in [0.2, 0.25) is 0 Å². The average molecular weight is 330 g/mol. The van der Waals surface area contributed by atoms with Crippen molar-refractivity contribution in [1.29, 1.82) is 0 Å². The monoisotopic (exact) mass is 330 g/mol. The van der Waals surface area contributed by atoms with Gasteiger partial charge in [-0.1, -0.05) is 36.4 Å². The van der Waals surface area contributed by atoms with Gasteiger partial charge in [0.2, 0.25) is 5.91 Å². The highest BCUT2D eigenvalue weighted by Crippen LogP contribution is 2.17. The molecule has 0 aromatic heterocycles. The van der Waals surface area contributed by atoms with E-state index < -0.39 is 0 Å². The first-order valence-electron chi connectivity index (χ1n) is 8.03. The first kappa shape index (κ1) is 17.9. The van der Waals surface area contributed by atoms with E-state index in [1.165, 1.54) is 6.07 Å². The summed E-state index contributed by atoms with van der Waals surface area (Å²) in [6, 6.07) is 14.4. The second-order valence-electron chi connectivity index (χ2n) is 5.43. The third kappa shape index (κ3) is 5.66. The van der Waals surface area contributed by atoms with Crippen LogP contribution in [-0.4, -0.2) is 26.1 Å². The molecular weight excluding hydrogens is 307 g/mol. The standard InChI is InChI=1S/C19H23FN2O2/c1-24-18-9-5-3-6-15(18)10-13-22-19(23)11-12-21-14-16-7-2-4-8-17(16)20/h2-9,21H,10-14H2,1H3,(H,22,23). The molecule has 2 aromatic rings. The van der Waals surface area contributed by atoms with E-state index in [0.29, 0.717) is 31.6 Å². The fraction of sp³-hybridized carbons (Fsp3) is 0.316. The molecule has 0 aliphatic rings. The molecule has 5 heteroatoms. The van der Waals surface area contributed by atoms with Crippen LogP contribution in [0.4, 0.5) is 4.39 Å². The molecule has 2 rings (SSSR count). The number of amides is 1. The first-order chi connectivity index (χ1) is 11.7. The Labute approximate surface area is 142 Å². The van der Waals surface area contributed by atoms with Crippen molar-refractivity contribution in [2.45, 2.75) is 19.4 Å². The van der Waals surface area contributed by atoms with E-state index in [2.05, 4.69) is 10.6 Å². The molecule has 0 radical (unpaired) electrons. The highest BCUT2D eigenvalue weighted by Gasteiger charge is 2.04. The van der Waals surface area contributed by atoms with E-state index in [0.717, 1.165) is 17.7 Å². The van der Waals surface area contributed by atoms with Crippen LogP contribution in [0.25, 0.3) is 0 Å². The van der Waals surface area contributed by atoms with Gasteiger partial charge in [0.05, 0.1) is 7.11 Å². The molecular formula is C19H23FN2O2. The lowest BCUT2D eigenvalue weighted by atomic mass is 10.1. The van der Waals surface area contributed by atoms with Gasteiger partial charge >= 0.3 is 0 Å². The minimum Gasteiger partial charge on any atom is -0.496 e. The number of benzene rings is 2. The zero-order chi connectivity index (χ0) is 17.2. The van der Waals surface area contributed by atoms with Crippen LogP contribution in [0.15, 0.2) is 48.5 Å². The Bertz CT molecular complexity index is 661. The zero-order valence-electron chi connectivity index (χ0n) is 13.8. The lowest BCUT2D eigenvalue weighted by Gasteiger charge is -2.09. The third-order valence-electron chi connectivity index (χ3n) is 3.71. The number of hydrogen-bond acceptors (Lipinski definition) is 3. The molecule has 128 valence electrons. The van der Waals surface area contributed by atoms with Crippen molar-refractivity contribution in [1.82, 2.24) is 10.6 Å². The molecule has 0 saturated carbocycles. The smallest absolute Gasteiger partial charge is 0.221 e. The lowest BCUT2D eigenvalue weighted by Crippen LogP contribution is -2.29. The number of carbonyl (C=O) groups is 1. The zero-order valence-corrected chi connectivity index (χ0v) is 13.8. The second-order valence-corrected chi connectivity index (χ2v) is 5.43. The van der Waals surface area contributed by atoms with Gasteiger partial charge in [-0.15, -0.1) is 0 Å². The topological polar surface area (TPSA) is 50.4 Å². The fourth-order valence-electron chi connectivity index (χ4n) is 2.40. The number of carbonyl (C=O) groups excluding carboxylic acids is 1. The van der Waals surface area contributed by atoms with Gasteiger partial charge in [0, 0.05) is 31.6 Å². The fourth-order valence-corrected chi connectivity index (χ4v) is 2.40. The number of nitrogens with one attached hydrogen (secondary N) is 2. The van der Waals surface area contributed by atoms with Gasteiger partial charge < -0.3 is 15.4 Å². The summed E-state index contributed by atoms with van der Waals surface area (Å²) < 4.78 is 18.7. The Morgan fingerprint density at radius 1 is 1.04 bits per heavy atom. The first-order valence-corrected chi connectivity index (χ1v) is 8.03. The van der Waals surface area contributed by atoms with Crippen molar-refractivity contribution >= 4 is 5.91 Å². The van der Waals surface area contributed by atoms with E-state index in [-0.39, 0.29) is 11.7 Å². The Morgan fingerprint density at radius 2 is 1.75 bits per heavy atom. The van der Waals surface area contributed by atoms with E-state index in [1.807, 2.05) is 24.3 Å². The third-order valence-corrected chi connectivity index (χ3v) is 3.71. The van der Waals surface area contributed by atoms with Crippen molar-refractivity contribution in [3.63, 3.8) is 0 Å². The predicted octanol–water partition coefficient (Wildman–Crippen LogP) is 2.67. The maximum Gasteiger partial charge on any atom is 0.221 e. The summed E-state index contributed by atoms with van der Waals surface area (Å²) in [6.45, 7) is 1.49. The Morgan fingerprint density at radius 3 is 2.50 bits per heavy atom. The van der Waals surface area contributed by atoms with Crippen molar-refractivity contribution in [3.05, 3.63) is 65.5 Å². The quantitative estimate of drug-likeness (QED) is 0.695. The molecule has 0 bridgehead atoms. The van der Waals surface area contributed by atoms with Crippen LogP contribution in [0.3, 0.4) is 0 Å². The van der Waals surface area contributed by atoms with Crippen LogP contribution in [-0.2, 0) is 17.8 Å². The predicted molar refractivity (Wildman–Crippen MR) is 92.4 cm³/mol.